The quantitative estimate of drug-likeness (QED) is 0.555. The number of hydrogen-bond acceptors (Lipinski definition) is 4. The van der Waals surface area contributed by atoms with E-state index in [9.17, 15) is 9.59 Å². The lowest BCUT2D eigenvalue weighted by atomic mass is 10.0. The number of para-hydroxylation sites is 1. The average molecular weight is 277 g/mol. The first kappa shape index (κ1) is 14.2. The van der Waals surface area contributed by atoms with E-state index in [0.717, 1.165) is 18.4 Å². The highest BCUT2D eigenvalue weighted by Crippen LogP contribution is 2.47. The van der Waals surface area contributed by atoms with E-state index in [-0.39, 0.29) is 12.6 Å². The number of hydrogen-bond donors (Lipinski definition) is 3. The van der Waals surface area contributed by atoms with Crippen LogP contribution in [0.1, 0.15) is 25.3 Å². The summed E-state index contributed by atoms with van der Waals surface area (Å²) in [7, 11) is 0. The fourth-order valence-electron chi connectivity index (χ4n) is 2.15. The van der Waals surface area contributed by atoms with Crippen molar-refractivity contribution >= 4 is 17.7 Å². The highest BCUT2D eigenvalue weighted by molar-refractivity contribution is 5.81. The third-order valence-corrected chi connectivity index (χ3v) is 3.28. The molecule has 0 radical (unpaired) electrons. The van der Waals surface area contributed by atoms with Gasteiger partial charge >= 0.3 is 12.0 Å². The smallest absolute Gasteiger partial charge is 0.325 e. The summed E-state index contributed by atoms with van der Waals surface area (Å²) in [6, 6.07) is 7.08. The molecule has 20 heavy (non-hydrogen) atoms. The normalized spacial score (nSPS) is 15.2. The van der Waals surface area contributed by atoms with Crippen molar-refractivity contribution in [1.82, 2.24) is 10.6 Å². The molecule has 1 aliphatic carbocycles. The Kier molecular flexibility index (Phi) is 4.12. The number of carbonyl (C=O) groups excluding carboxylic acids is 2. The van der Waals surface area contributed by atoms with Gasteiger partial charge in [-0.1, -0.05) is 18.2 Å². The number of nitrogens with one attached hydrogen (secondary N) is 2. The lowest BCUT2D eigenvalue weighted by Gasteiger charge is -2.19. The number of amides is 2. The fraction of sp³-hybridized carbons (Fsp3) is 0.429. The van der Waals surface area contributed by atoms with Gasteiger partial charge in [-0.15, -0.1) is 0 Å². The van der Waals surface area contributed by atoms with Gasteiger partial charge in [0.25, 0.3) is 0 Å². The van der Waals surface area contributed by atoms with Gasteiger partial charge in [-0.2, -0.15) is 0 Å². The predicted octanol–water partition coefficient (Wildman–Crippen LogP) is 1.12. The van der Waals surface area contributed by atoms with E-state index in [1.54, 1.807) is 6.92 Å². The Balaban J connectivity index is 1.91. The number of urea groups is 1. The molecule has 0 unspecified atom stereocenters. The minimum atomic E-state index is -0.452. The maximum Gasteiger partial charge on any atom is 0.325 e. The summed E-state index contributed by atoms with van der Waals surface area (Å²) in [5.41, 5.74) is 7.12. The summed E-state index contributed by atoms with van der Waals surface area (Å²) in [4.78, 5) is 23.0. The van der Waals surface area contributed by atoms with Crippen LogP contribution in [-0.4, -0.2) is 25.2 Å². The van der Waals surface area contributed by atoms with Gasteiger partial charge in [-0.05, 0) is 25.8 Å². The van der Waals surface area contributed by atoms with E-state index in [0.29, 0.717) is 12.3 Å². The van der Waals surface area contributed by atoms with Gasteiger partial charge in [0.05, 0.1) is 12.1 Å². The first-order valence-corrected chi connectivity index (χ1v) is 6.64. The van der Waals surface area contributed by atoms with Crippen LogP contribution in [0.2, 0.25) is 0 Å². The largest absolute Gasteiger partial charge is 0.465 e. The molecule has 0 spiro atoms. The van der Waals surface area contributed by atoms with Gasteiger partial charge < -0.3 is 21.1 Å². The second-order valence-corrected chi connectivity index (χ2v) is 4.78. The zero-order valence-corrected chi connectivity index (χ0v) is 11.4. The van der Waals surface area contributed by atoms with E-state index >= 15 is 0 Å². The molecule has 0 aromatic heterocycles. The van der Waals surface area contributed by atoms with Crippen LogP contribution in [0.15, 0.2) is 24.3 Å². The molecule has 0 bridgehead atoms. The SMILES string of the molecule is CCOC(=O)CNC(=O)NC1(c2ccccc2N)CC1. The maximum absolute atomic E-state index is 11.8. The van der Waals surface area contributed by atoms with Gasteiger partial charge in [0, 0.05) is 11.3 Å². The van der Waals surface area contributed by atoms with Crippen molar-refractivity contribution in [1.29, 1.82) is 0 Å². The zero-order chi connectivity index (χ0) is 14.6. The Morgan fingerprint density at radius 2 is 2.05 bits per heavy atom. The number of rotatable bonds is 5. The highest BCUT2D eigenvalue weighted by Gasteiger charge is 2.46. The standard InChI is InChI=1S/C14H19N3O3/c1-2-20-12(18)9-16-13(19)17-14(7-8-14)10-5-3-4-6-11(10)15/h3-6H,2,7-9,15H2,1H3,(H2,16,17,19). The van der Waals surface area contributed by atoms with Crippen LogP contribution < -0.4 is 16.4 Å². The summed E-state index contributed by atoms with van der Waals surface area (Å²) in [5, 5.41) is 5.37. The summed E-state index contributed by atoms with van der Waals surface area (Å²) < 4.78 is 4.74. The molecule has 2 amide bonds. The lowest BCUT2D eigenvalue weighted by Crippen LogP contribution is -2.44. The minimum absolute atomic E-state index is 0.139. The van der Waals surface area contributed by atoms with Crippen molar-refractivity contribution in [3.63, 3.8) is 0 Å². The van der Waals surface area contributed by atoms with Crippen LogP contribution in [0, 0.1) is 0 Å². The minimum Gasteiger partial charge on any atom is -0.465 e. The molecule has 1 saturated carbocycles. The number of nitrogens with two attached hydrogens (primary N) is 1. The first-order chi connectivity index (χ1) is 9.57. The Hall–Kier alpha value is -2.24. The monoisotopic (exact) mass is 277 g/mol. The number of nitrogen functional groups attached to an aromatic ring is 1. The molecule has 4 N–H and O–H groups in total. The van der Waals surface area contributed by atoms with Crippen LogP contribution in [0.3, 0.4) is 0 Å². The second kappa shape index (κ2) is 5.81. The van der Waals surface area contributed by atoms with Crippen LogP contribution in [-0.2, 0) is 15.1 Å². The number of carbonyl (C=O) groups is 2. The summed E-state index contributed by atoms with van der Waals surface area (Å²) in [5.74, 6) is -0.452. The van der Waals surface area contributed by atoms with Crippen LogP contribution >= 0.6 is 0 Å². The number of anilines is 1. The molecule has 0 saturated heterocycles. The van der Waals surface area contributed by atoms with Crippen LogP contribution in [0.4, 0.5) is 10.5 Å². The predicted molar refractivity (Wildman–Crippen MR) is 74.9 cm³/mol. The molecule has 1 aliphatic rings. The third kappa shape index (κ3) is 3.20. The zero-order valence-electron chi connectivity index (χ0n) is 11.4. The number of benzene rings is 1. The van der Waals surface area contributed by atoms with E-state index in [2.05, 4.69) is 10.6 Å². The molecule has 1 fully saturated rings. The molecule has 0 heterocycles. The topological polar surface area (TPSA) is 93.4 Å². The van der Waals surface area contributed by atoms with Gasteiger partial charge in [0.1, 0.15) is 6.54 Å². The van der Waals surface area contributed by atoms with Crippen molar-refractivity contribution < 1.29 is 14.3 Å². The molecule has 0 aliphatic heterocycles. The van der Waals surface area contributed by atoms with E-state index in [1.807, 2.05) is 24.3 Å². The van der Waals surface area contributed by atoms with Gasteiger partial charge in [0.2, 0.25) is 0 Å². The summed E-state index contributed by atoms with van der Waals surface area (Å²) >= 11 is 0. The molecule has 0 atom stereocenters. The Labute approximate surface area is 117 Å². The molecular formula is C14H19N3O3. The molecule has 6 nitrogen and oxygen atoms in total. The summed E-state index contributed by atoms with van der Waals surface area (Å²) in [6.45, 7) is 1.88. The Morgan fingerprint density at radius 1 is 1.35 bits per heavy atom. The maximum atomic E-state index is 11.8. The third-order valence-electron chi connectivity index (χ3n) is 3.28. The Morgan fingerprint density at radius 3 is 2.65 bits per heavy atom. The molecule has 1 aromatic carbocycles. The first-order valence-electron chi connectivity index (χ1n) is 6.64. The van der Waals surface area contributed by atoms with Crippen LogP contribution in [0.5, 0.6) is 0 Å². The molecule has 1 aromatic rings. The van der Waals surface area contributed by atoms with Gasteiger partial charge in [0.15, 0.2) is 0 Å². The van der Waals surface area contributed by atoms with E-state index < -0.39 is 11.5 Å². The van der Waals surface area contributed by atoms with Crippen molar-refractivity contribution in [2.75, 3.05) is 18.9 Å². The lowest BCUT2D eigenvalue weighted by molar-refractivity contribution is -0.141. The molecular weight excluding hydrogens is 258 g/mol. The van der Waals surface area contributed by atoms with Crippen molar-refractivity contribution in [3.05, 3.63) is 29.8 Å². The molecule has 2 rings (SSSR count). The molecule has 108 valence electrons. The van der Waals surface area contributed by atoms with Crippen molar-refractivity contribution in [3.8, 4) is 0 Å². The number of esters is 1. The summed E-state index contributed by atoms with van der Waals surface area (Å²) in [6.07, 6.45) is 1.68. The van der Waals surface area contributed by atoms with Gasteiger partial charge in [-0.3, -0.25) is 4.79 Å². The fourth-order valence-corrected chi connectivity index (χ4v) is 2.15. The van der Waals surface area contributed by atoms with Crippen molar-refractivity contribution in [2.45, 2.75) is 25.3 Å². The second-order valence-electron chi connectivity index (χ2n) is 4.78. The van der Waals surface area contributed by atoms with Crippen LogP contribution in [0.25, 0.3) is 0 Å². The number of ether oxygens (including phenoxy) is 1. The highest BCUT2D eigenvalue weighted by atomic mass is 16.5. The average Bonchev–Trinajstić information content (AvgIpc) is 3.18. The van der Waals surface area contributed by atoms with Crippen molar-refractivity contribution in [2.24, 2.45) is 0 Å². The molecule has 6 heteroatoms. The van der Waals surface area contributed by atoms with E-state index in [4.69, 9.17) is 10.5 Å². The van der Waals surface area contributed by atoms with Gasteiger partial charge in [-0.25, -0.2) is 4.79 Å². The Bertz CT molecular complexity index is 512. The van der Waals surface area contributed by atoms with E-state index in [1.165, 1.54) is 0 Å².